The van der Waals surface area contributed by atoms with Gasteiger partial charge < -0.3 is 10.1 Å². The van der Waals surface area contributed by atoms with Gasteiger partial charge in [-0.1, -0.05) is 28.1 Å². The zero-order valence-corrected chi connectivity index (χ0v) is 11.6. The highest BCUT2D eigenvalue weighted by molar-refractivity contribution is 9.10. The smallest absolute Gasteiger partial charge is 0.0477 e. The van der Waals surface area contributed by atoms with Crippen molar-refractivity contribution in [1.29, 1.82) is 0 Å². The molecular weight excluding hydrogens is 266 g/mol. The molecule has 1 aromatic rings. The number of halogens is 1. The van der Waals surface area contributed by atoms with E-state index in [1.165, 1.54) is 5.56 Å². The molecule has 0 heterocycles. The maximum absolute atomic E-state index is 5.29. The zero-order chi connectivity index (χ0) is 11.8. The van der Waals surface area contributed by atoms with Gasteiger partial charge in [0.25, 0.3) is 0 Å². The maximum atomic E-state index is 5.29. The lowest BCUT2D eigenvalue weighted by molar-refractivity contribution is 0.144. The molecule has 0 amide bonds. The molecule has 0 saturated heterocycles. The first-order valence-corrected chi connectivity index (χ1v) is 6.60. The van der Waals surface area contributed by atoms with Crippen LogP contribution in [0.5, 0.6) is 0 Å². The molecule has 1 unspecified atom stereocenters. The molecule has 1 N–H and O–H groups in total. The minimum atomic E-state index is 0.388. The van der Waals surface area contributed by atoms with E-state index in [0.29, 0.717) is 6.04 Å². The van der Waals surface area contributed by atoms with Crippen molar-refractivity contribution in [2.24, 2.45) is 0 Å². The molecule has 2 nitrogen and oxygen atoms in total. The first-order valence-electron chi connectivity index (χ1n) is 5.80. The minimum Gasteiger partial charge on any atom is -0.382 e. The van der Waals surface area contributed by atoms with Gasteiger partial charge in [-0.3, -0.25) is 0 Å². The fourth-order valence-electron chi connectivity index (χ4n) is 1.53. The molecule has 0 aromatic heterocycles. The van der Waals surface area contributed by atoms with Crippen LogP contribution in [0.4, 0.5) is 0 Å². The number of hydrogen-bond donors (Lipinski definition) is 1. The molecule has 0 saturated carbocycles. The summed E-state index contributed by atoms with van der Waals surface area (Å²) in [5.41, 5.74) is 1.31. The van der Waals surface area contributed by atoms with Gasteiger partial charge in [0.15, 0.2) is 0 Å². The van der Waals surface area contributed by atoms with Crippen LogP contribution in [0.1, 0.15) is 31.9 Å². The molecule has 90 valence electrons. The van der Waals surface area contributed by atoms with Gasteiger partial charge in [-0.05, 0) is 44.5 Å². The summed E-state index contributed by atoms with van der Waals surface area (Å²) in [5.74, 6) is 0. The molecule has 0 aliphatic rings. The van der Waals surface area contributed by atoms with Crippen molar-refractivity contribution < 1.29 is 4.74 Å². The summed E-state index contributed by atoms with van der Waals surface area (Å²) in [5, 5.41) is 3.48. The van der Waals surface area contributed by atoms with Gasteiger partial charge in [0.2, 0.25) is 0 Å². The maximum Gasteiger partial charge on any atom is 0.0477 e. The molecule has 1 aromatic carbocycles. The van der Waals surface area contributed by atoms with Crippen LogP contribution in [0.2, 0.25) is 0 Å². The van der Waals surface area contributed by atoms with E-state index in [1.807, 2.05) is 13.0 Å². The molecule has 16 heavy (non-hydrogen) atoms. The Bertz CT molecular complexity index is 304. The van der Waals surface area contributed by atoms with Gasteiger partial charge in [0.05, 0.1) is 0 Å². The van der Waals surface area contributed by atoms with Crippen molar-refractivity contribution in [3.63, 3.8) is 0 Å². The molecule has 0 aliphatic heterocycles. The molecule has 0 radical (unpaired) electrons. The molecule has 1 rings (SSSR count). The first-order chi connectivity index (χ1) is 7.74. The molecule has 1 atom stereocenters. The van der Waals surface area contributed by atoms with E-state index >= 15 is 0 Å². The average molecular weight is 286 g/mol. The van der Waals surface area contributed by atoms with Crippen LogP contribution in [-0.4, -0.2) is 19.8 Å². The summed E-state index contributed by atoms with van der Waals surface area (Å²) >= 11 is 3.49. The quantitative estimate of drug-likeness (QED) is 0.774. The van der Waals surface area contributed by atoms with Crippen molar-refractivity contribution >= 4 is 15.9 Å². The molecule has 3 heteroatoms. The van der Waals surface area contributed by atoms with Crippen LogP contribution in [0.15, 0.2) is 28.7 Å². The Morgan fingerprint density at radius 3 is 2.94 bits per heavy atom. The van der Waals surface area contributed by atoms with Gasteiger partial charge in [-0.25, -0.2) is 0 Å². The third-order valence-corrected chi connectivity index (χ3v) is 2.96. The third kappa shape index (κ3) is 5.10. The van der Waals surface area contributed by atoms with Gasteiger partial charge in [-0.15, -0.1) is 0 Å². The number of benzene rings is 1. The predicted octanol–water partition coefficient (Wildman–Crippen LogP) is 3.53. The number of ether oxygens (including phenoxy) is 1. The van der Waals surface area contributed by atoms with Crippen molar-refractivity contribution in [3.05, 3.63) is 34.3 Å². The normalized spacial score (nSPS) is 12.7. The lowest BCUT2D eigenvalue weighted by atomic mass is 10.1. The van der Waals surface area contributed by atoms with Gasteiger partial charge in [-0.2, -0.15) is 0 Å². The van der Waals surface area contributed by atoms with Crippen molar-refractivity contribution in [1.82, 2.24) is 5.32 Å². The summed E-state index contributed by atoms with van der Waals surface area (Å²) in [6, 6.07) is 8.80. The van der Waals surface area contributed by atoms with E-state index in [4.69, 9.17) is 4.74 Å². The van der Waals surface area contributed by atoms with Crippen molar-refractivity contribution in [2.45, 2.75) is 26.3 Å². The standard InChI is InChI=1S/C13H20BrNO/c1-3-16-9-5-8-15-11(2)12-6-4-7-13(14)10-12/h4,6-7,10-11,15H,3,5,8-9H2,1-2H3. The average Bonchev–Trinajstić information content (AvgIpc) is 2.28. The SMILES string of the molecule is CCOCCCNC(C)c1cccc(Br)c1. The van der Waals surface area contributed by atoms with Gasteiger partial charge in [0.1, 0.15) is 0 Å². The lowest BCUT2D eigenvalue weighted by Crippen LogP contribution is -2.20. The van der Waals surface area contributed by atoms with E-state index in [0.717, 1.165) is 30.7 Å². The van der Waals surface area contributed by atoms with E-state index in [2.05, 4.69) is 46.4 Å². The van der Waals surface area contributed by atoms with Crippen LogP contribution in [0, 0.1) is 0 Å². The predicted molar refractivity (Wildman–Crippen MR) is 71.7 cm³/mol. The number of hydrogen-bond acceptors (Lipinski definition) is 2. The second-order valence-corrected chi connectivity index (χ2v) is 4.70. The van der Waals surface area contributed by atoms with Crippen LogP contribution < -0.4 is 5.32 Å². The lowest BCUT2D eigenvalue weighted by Gasteiger charge is -2.14. The molecular formula is C13H20BrNO. The molecule has 0 fully saturated rings. The Balaban J connectivity index is 2.27. The summed E-state index contributed by atoms with van der Waals surface area (Å²) in [6.07, 6.45) is 1.06. The van der Waals surface area contributed by atoms with Crippen LogP contribution in [0.25, 0.3) is 0 Å². The summed E-state index contributed by atoms with van der Waals surface area (Å²) in [4.78, 5) is 0. The number of rotatable bonds is 7. The highest BCUT2D eigenvalue weighted by Gasteiger charge is 2.03. The van der Waals surface area contributed by atoms with Crippen LogP contribution >= 0.6 is 15.9 Å². The fraction of sp³-hybridized carbons (Fsp3) is 0.538. The van der Waals surface area contributed by atoms with Gasteiger partial charge in [0, 0.05) is 23.7 Å². The Hall–Kier alpha value is -0.380. The molecule has 0 spiro atoms. The monoisotopic (exact) mass is 285 g/mol. The minimum absolute atomic E-state index is 0.388. The zero-order valence-electron chi connectivity index (χ0n) is 10.0. The van der Waals surface area contributed by atoms with Crippen LogP contribution in [-0.2, 0) is 4.74 Å². The van der Waals surface area contributed by atoms with E-state index in [9.17, 15) is 0 Å². The summed E-state index contributed by atoms with van der Waals surface area (Å²) in [7, 11) is 0. The first kappa shape index (κ1) is 13.7. The molecule has 0 bridgehead atoms. The second kappa shape index (κ2) is 7.82. The van der Waals surface area contributed by atoms with Crippen molar-refractivity contribution in [2.75, 3.05) is 19.8 Å². The Labute approximate surface area is 107 Å². The number of nitrogens with one attached hydrogen (secondary N) is 1. The Morgan fingerprint density at radius 2 is 2.25 bits per heavy atom. The highest BCUT2D eigenvalue weighted by atomic mass is 79.9. The second-order valence-electron chi connectivity index (χ2n) is 3.78. The van der Waals surface area contributed by atoms with Crippen molar-refractivity contribution in [3.8, 4) is 0 Å². The van der Waals surface area contributed by atoms with E-state index in [1.54, 1.807) is 0 Å². The Morgan fingerprint density at radius 1 is 1.44 bits per heavy atom. The third-order valence-electron chi connectivity index (χ3n) is 2.47. The Kier molecular flexibility index (Phi) is 6.69. The summed E-state index contributed by atoms with van der Waals surface area (Å²) in [6.45, 7) is 6.85. The van der Waals surface area contributed by atoms with Crippen LogP contribution in [0.3, 0.4) is 0 Å². The van der Waals surface area contributed by atoms with E-state index in [-0.39, 0.29) is 0 Å². The fourth-order valence-corrected chi connectivity index (χ4v) is 1.95. The van der Waals surface area contributed by atoms with E-state index < -0.39 is 0 Å². The topological polar surface area (TPSA) is 21.3 Å². The van der Waals surface area contributed by atoms with Gasteiger partial charge >= 0.3 is 0 Å². The highest BCUT2D eigenvalue weighted by Crippen LogP contribution is 2.17. The largest absolute Gasteiger partial charge is 0.382 e. The molecule has 0 aliphatic carbocycles. The summed E-state index contributed by atoms with van der Waals surface area (Å²) < 4.78 is 6.43.